The Labute approximate surface area is 119 Å². The second kappa shape index (κ2) is 6.13. The molecular weight excluding hydrogens is 278 g/mol. The number of Topliss-reactive ketones (excluding diaryl/α,β-unsaturated/α-hetero) is 1. The number of rotatable bonds is 4. The van der Waals surface area contributed by atoms with E-state index in [2.05, 4.69) is 4.99 Å². The fraction of sp³-hybridized carbons (Fsp3) is 0.0667. The van der Waals surface area contributed by atoms with E-state index in [1.54, 1.807) is 0 Å². The summed E-state index contributed by atoms with van der Waals surface area (Å²) in [7, 11) is 0. The van der Waals surface area contributed by atoms with Crippen LogP contribution in [0.15, 0.2) is 47.5 Å². The Morgan fingerprint density at radius 1 is 1.14 bits per heavy atom. The van der Waals surface area contributed by atoms with Crippen LogP contribution in [0.5, 0.6) is 5.75 Å². The lowest BCUT2D eigenvalue weighted by Crippen LogP contribution is -2.17. The van der Waals surface area contributed by atoms with Gasteiger partial charge in [0.25, 0.3) is 0 Å². The summed E-state index contributed by atoms with van der Waals surface area (Å²) in [6.07, 6.45) is -0.216. The molecule has 0 bridgehead atoms. The van der Waals surface area contributed by atoms with E-state index in [1.807, 2.05) is 0 Å². The van der Waals surface area contributed by atoms with Gasteiger partial charge in [-0.25, -0.2) is 13.8 Å². The molecular formula is C15H12F2N2O2. The Bertz CT molecular complexity index is 697. The minimum atomic E-state index is -0.743. The normalized spacial score (nSPS) is 11.4. The van der Waals surface area contributed by atoms with Crippen molar-refractivity contribution < 1.29 is 18.7 Å². The van der Waals surface area contributed by atoms with Crippen molar-refractivity contribution in [2.75, 3.05) is 0 Å². The maximum Gasteiger partial charge on any atom is 0.170 e. The van der Waals surface area contributed by atoms with Crippen LogP contribution >= 0.6 is 0 Å². The molecule has 0 saturated carbocycles. The molecule has 0 atom stereocenters. The van der Waals surface area contributed by atoms with E-state index in [4.69, 9.17) is 10.8 Å². The highest BCUT2D eigenvalue weighted by molar-refractivity contribution is 6.09. The zero-order chi connectivity index (χ0) is 15.4. The summed E-state index contributed by atoms with van der Waals surface area (Å²) in [4.78, 5) is 15.7. The number of phenolic OH excluding ortho intramolecular Hbond substituents is 1. The number of aliphatic imine (C=N–C) groups is 1. The molecule has 2 rings (SSSR count). The van der Waals surface area contributed by atoms with E-state index in [-0.39, 0.29) is 29.5 Å². The third-order valence-electron chi connectivity index (χ3n) is 2.70. The maximum absolute atomic E-state index is 13.5. The number of nitrogens with two attached hydrogens (primary N) is 1. The van der Waals surface area contributed by atoms with Gasteiger partial charge in [-0.1, -0.05) is 0 Å². The first kappa shape index (κ1) is 14.6. The van der Waals surface area contributed by atoms with Gasteiger partial charge in [0.05, 0.1) is 6.42 Å². The first-order valence-electron chi connectivity index (χ1n) is 6.06. The lowest BCUT2D eigenvalue weighted by Gasteiger charge is -2.03. The van der Waals surface area contributed by atoms with Gasteiger partial charge in [-0.2, -0.15) is 0 Å². The van der Waals surface area contributed by atoms with Crippen LogP contribution < -0.4 is 5.73 Å². The van der Waals surface area contributed by atoms with Gasteiger partial charge in [-0.05, 0) is 36.4 Å². The van der Waals surface area contributed by atoms with Crippen LogP contribution in [-0.2, 0) is 0 Å². The predicted molar refractivity (Wildman–Crippen MR) is 74.7 cm³/mol. The minimum Gasteiger partial charge on any atom is -0.508 e. The second-order valence-corrected chi connectivity index (χ2v) is 4.35. The van der Waals surface area contributed by atoms with Gasteiger partial charge in [0, 0.05) is 11.6 Å². The third-order valence-corrected chi connectivity index (χ3v) is 2.70. The molecule has 21 heavy (non-hydrogen) atoms. The summed E-state index contributed by atoms with van der Waals surface area (Å²) in [6, 6.07) is 8.42. The molecule has 0 aliphatic carbocycles. The van der Waals surface area contributed by atoms with Crippen LogP contribution in [0, 0.1) is 11.6 Å². The van der Waals surface area contributed by atoms with Gasteiger partial charge < -0.3 is 10.8 Å². The zero-order valence-corrected chi connectivity index (χ0v) is 10.9. The standard InChI is InChI=1S/C15H12F2N2O2/c16-10-3-1-9(2-4-10)14(21)8-15(18)19-13-6-5-11(20)7-12(13)17/h1-7,20H,8H2,(H2,18,19). The fourth-order valence-electron chi connectivity index (χ4n) is 1.68. The molecule has 0 aromatic heterocycles. The van der Waals surface area contributed by atoms with Crippen LogP contribution in [0.2, 0.25) is 0 Å². The predicted octanol–water partition coefficient (Wildman–Crippen LogP) is 2.93. The Morgan fingerprint density at radius 3 is 2.43 bits per heavy atom. The van der Waals surface area contributed by atoms with Crippen LogP contribution in [0.25, 0.3) is 0 Å². The number of hydrogen-bond donors (Lipinski definition) is 2. The number of carbonyl (C=O) groups excluding carboxylic acids is 1. The molecule has 0 amide bonds. The highest BCUT2D eigenvalue weighted by Crippen LogP contribution is 2.22. The molecule has 3 N–H and O–H groups in total. The number of aromatic hydroxyl groups is 1. The molecule has 0 unspecified atom stereocenters. The largest absolute Gasteiger partial charge is 0.508 e. The highest BCUT2D eigenvalue weighted by atomic mass is 19.1. The summed E-state index contributed by atoms with van der Waals surface area (Å²) >= 11 is 0. The van der Waals surface area contributed by atoms with E-state index >= 15 is 0 Å². The third kappa shape index (κ3) is 3.85. The summed E-state index contributed by atoms with van der Waals surface area (Å²) in [6.45, 7) is 0. The zero-order valence-electron chi connectivity index (χ0n) is 10.9. The average molecular weight is 290 g/mol. The number of benzene rings is 2. The molecule has 0 spiro atoms. The quantitative estimate of drug-likeness (QED) is 0.516. The number of amidine groups is 1. The van der Waals surface area contributed by atoms with Crippen molar-refractivity contribution in [3.8, 4) is 5.75 Å². The first-order chi connectivity index (χ1) is 9.95. The molecule has 0 radical (unpaired) electrons. The smallest absolute Gasteiger partial charge is 0.170 e. The molecule has 4 nitrogen and oxygen atoms in total. The Balaban J connectivity index is 2.13. The van der Waals surface area contributed by atoms with Gasteiger partial charge in [0.15, 0.2) is 11.6 Å². The van der Waals surface area contributed by atoms with Crippen LogP contribution in [-0.4, -0.2) is 16.7 Å². The van der Waals surface area contributed by atoms with Crippen molar-refractivity contribution in [2.45, 2.75) is 6.42 Å². The van der Waals surface area contributed by atoms with Crippen LogP contribution in [0.1, 0.15) is 16.8 Å². The van der Waals surface area contributed by atoms with E-state index in [0.29, 0.717) is 5.56 Å². The van der Waals surface area contributed by atoms with Crippen molar-refractivity contribution in [1.29, 1.82) is 0 Å². The molecule has 6 heteroatoms. The van der Waals surface area contributed by atoms with Crippen molar-refractivity contribution in [3.63, 3.8) is 0 Å². The topological polar surface area (TPSA) is 75.7 Å². The summed E-state index contributed by atoms with van der Waals surface area (Å²) in [5.41, 5.74) is 5.83. The lowest BCUT2D eigenvalue weighted by molar-refractivity contribution is 0.100. The molecule has 108 valence electrons. The molecule has 0 saturated heterocycles. The lowest BCUT2D eigenvalue weighted by atomic mass is 10.1. The molecule has 2 aromatic carbocycles. The number of nitrogens with zero attached hydrogens (tertiary/aromatic N) is 1. The SMILES string of the molecule is NC(CC(=O)c1ccc(F)cc1)=Nc1ccc(O)cc1F. The van der Waals surface area contributed by atoms with Crippen LogP contribution in [0.3, 0.4) is 0 Å². The van der Waals surface area contributed by atoms with Gasteiger partial charge in [-0.15, -0.1) is 0 Å². The molecule has 0 aliphatic heterocycles. The van der Waals surface area contributed by atoms with Crippen molar-refractivity contribution in [1.82, 2.24) is 0 Å². The van der Waals surface area contributed by atoms with Gasteiger partial charge >= 0.3 is 0 Å². The maximum atomic E-state index is 13.5. The number of phenols is 1. The van der Waals surface area contributed by atoms with E-state index in [0.717, 1.165) is 6.07 Å². The van der Waals surface area contributed by atoms with Crippen molar-refractivity contribution in [3.05, 3.63) is 59.7 Å². The Hall–Kier alpha value is -2.76. The monoisotopic (exact) mass is 290 g/mol. The molecule has 2 aromatic rings. The molecule has 0 heterocycles. The van der Waals surface area contributed by atoms with Gasteiger partial charge in [-0.3, -0.25) is 4.79 Å². The van der Waals surface area contributed by atoms with Crippen molar-refractivity contribution in [2.24, 2.45) is 10.7 Å². The van der Waals surface area contributed by atoms with E-state index in [1.165, 1.54) is 36.4 Å². The number of hydrogen-bond acceptors (Lipinski definition) is 3. The Kier molecular flexibility index (Phi) is 4.27. The summed E-state index contributed by atoms with van der Waals surface area (Å²) in [5, 5.41) is 9.08. The Morgan fingerprint density at radius 2 is 1.81 bits per heavy atom. The van der Waals surface area contributed by atoms with Gasteiger partial charge in [0.1, 0.15) is 23.1 Å². The second-order valence-electron chi connectivity index (χ2n) is 4.35. The van der Waals surface area contributed by atoms with Crippen LogP contribution in [0.4, 0.5) is 14.5 Å². The van der Waals surface area contributed by atoms with Gasteiger partial charge in [0.2, 0.25) is 0 Å². The molecule has 0 aliphatic rings. The van der Waals surface area contributed by atoms with E-state index in [9.17, 15) is 13.6 Å². The fourth-order valence-corrected chi connectivity index (χ4v) is 1.68. The highest BCUT2D eigenvalue weighted by Gasteiger charge is 2.09. The molecule has 0 fully saturated rings. The first-order valence-corrected chi connectivity index (χ1v) is 6.06. The minimum absolute atomic E-state index is 0.0720. The number of ketones is 1. The van der Waals surface area contributed by atoms with E-state index < -0.39 is 11.6 Å². The number of halogens is 2. The summed E-state index contributed by atoms with van der Waals surface area (Å²) in [5.74, 6) is -1.84. The average Bonchev–Trinajstić information content (AvgIpc) is 2.42. The van der Waals surface area contributed by atoms with Crippen molar-refractivity contribution >= 4 is 17.3 Å². The number of carbonyl (C=O) groups is 1. The summed E-state index contributed by atoms with van der Waals surface area (Å²) < 4.78 is 26.2.